The Morgan fingerprint density at radius 3 is 2.70 bits per heavy atom. The fourth-order valence-electron chi connectivity index (χ4n) is 5.38. The van der Waals surface area contributed by atoms with E-state index < -0.39 is 17.2 Å². The molecular formula is C17H16O3. The van der Waals surface area contributed by atoms with Gasteiger partial charge in [-0.3, -0.25) is 0 Å². The highest BCUT2D eigenvalue weighted by Crippen LogP contribution is 2.76. The fourth-order valence-corrected chi connectivity index (χ4v) is 5.38. The number of carbonyl (C=O) groups is 1. The van der Waals surface area contributed by atoms with Gasteiger partial charge in [0.15, 0.2) is 0 Å². The maximum absolute atomic E-state index is 12.0. The summed E-state index contributed by atoms with van der Waals surface area (Å²) < 4.78 is 6.01. The molecule has 3 heteroatoms. The summed E-state index contributed by atoms with van der Waals surface area (Å²) in [6.45, 7) is 0. The highest BCUT2D eigenvalue weighted by atomic mass is 16.7. The van der Waals surface area contributed by atoms with Gasteiger partial charge in [0.05, 0.1) is 0 Å². The van der Waals surface area contributed by atoms with Crippen molar-refractivity contribution in [2.45, 2.75) is 24.0 Å². The van der Waals surface area contributed by atoms with Crippen LogP contribution in [-0.4, -0.2) is 16.7 Å². The van der Waals surface area contributed by atoms with Crippen LogP contribution in [0.15, 0.2) is 42.5 Å². The molecule has 1 heterocycles. The highest BCUT2D eigenvalue weighted by molar-refractivity contribution is 5.85. The van der Waals surface area contributed by atoms with Crippen molar-refractivity contribution in [2.24, 2.45) is 23.7 Å². The zero-order valence-corrected chi connectivity index (χ0v) is 11.0. The molecule has 2 bridgehead atoms. The molecule has 102 valence electrons. The van der Waals surface area contributed by atoms with E-state index in [1.54, 1.807) is 0 Å². The maximum atomic E-state index is 12.0. The molecule has 1 aromatic rings. The lowest BCUT2D eigenvalue weighted by atomic mass is 9.78. The molecule has 1 aromatic carbocycles. The minimum absolute atomic E-state index is 0.162. The number of carboxylic acid groups (broad SMARTS) is 1. The third-order valence-corrected chi connectivity index (χ3v) is 6.07. The van der Waals surface area contributed by atoms with Gasteiger partial charge < -0.3 is 9.84 Å². The Balaban J connectivity index is 1.67. The van der Waals surface area contributed by atoms with Crippen LogP contribution < -0.4 is 0 Å². The molecule has 5 rings (SSSR count). The van der Waals surface area contributed by atoms with Crippen molar-refractivity contribution < 1.29 is 14.6 Å². The van der Waals surface area contributed by atoms with Crippen molar-refractivity contribution in [3.8, 4) is 0 Å². The van der Waals surface area contributed by atoms with E-state index in [0.29, 0.717) is 17.8 Å². The van der Waals surface area contributed by atoms with Gasteiger partial charge in [-0.05, 0) is 36.2 Å². The van der Waals surface area contributed by atoms with Gasteiger partial charge >= 0.3 is 5.97 Å². The van der Waals surface area contributed by atoms with E-state index in [-0.39, 0.29) is 5.92 Å². The van der Waals surface area contributed by atoms with Crippen molar-refractivity contribution in [3.05, 3.63) is 48.0 Å². The lowest BCUT2D eigenvalue weighted by molar-refractivity contribution is -0.146. The van der Waals surface area contributed by atoms with Crippen LogP contribution >= 0.6 is 0 Å². The molecule has 0 amide bonds. The molecular weight excluding hydrogens is 252 g/mol. The van der Waals surface area contributed by atoms with Crippen molar-refractivity contribution >= 4 is 5.97 Å². The molecule has 1 saturated heterocycles. The van der Waals surface area contributed by atoms with E-state index in [1.165, 1.54) is 0 Å². The first-order valence-electron chi connectivity index (χ1n) is 7.36. The van der Waals surface area contributed by atoms with Crippen LogP contribution in [0.5, 0.6) is 0 Å². The number of hydrogen-bond acceptors (Lipinski definition) is 2. The normalized spacial score (nSPS) is 50.0. The van der Waals surface area contributed by atoms with Gasteiger partial charge in [-0.1, -0.05) is 42.5 Å². The summed E-state index contributed by atoms with van der Waals surface area (Å²) in [5.41, 5.74) is -0.502. The summed E-state index contributed by atoms with van der Waals surface area (Å²) in [4.78, 5) is 12.0. The molecule has 0 spiro atoms. The number of carboxylic acids is 1. The Labute approximate surface area is 117 Å². The lowest BCUT2D eigenvalue weighted by Gasteiger charge is -2.25. The number of fused-ring (bicyclic) bond motifs is 7. The average molecular weight is 268 g/mol. The van der Waals surface area contributed by atoms with Gasteiger partial charge in [-0.25, -0.2) is 4.79 Å². The second-order valence-corrected chi connectivity index (χ2v) is 6.68. The van der Waals surface area contributed by atoms with Crippen molar-refractivity contribution in [1.29, 1.82) is 0 Å². The summed E-state index contributed by atoms with van der Waals surface area (Å²) in [7, 11) is 0. The van der Waals surface area contributed by atoms with Crippen LogP contribution in [0.4, 0.5) is 0 Å². The summed E-state index contributed by atoms with van der Waals surface area (Å²) >= 11 is 0. The molecule has 6 atom stereocenters. The topological polar surface area (TPSA) is 49.8 Å². The number of allylic oxidation sites excluding steroid dienone is 2. The average Bonchev–Trinajstić information content (AvgIpc) is 2.83. The fraction of sp³-hybridized carbons (Fsp3) is 0.471. The molecule has 0 unspecified atom stereocenters. The third-order valence-electron chi connectivity index (χ3n) is 6.07. The van der Waals surface area contributed by atoms with E-state index in [1.807, 2.05) is 30.3 Å². The largest absolute Gasteiger partial charge is 0.479 e. The van der Waals surface area contributed by atoms with E-state index in [9.17, 15) is 9.90 Å². The van der Waals surface area contributed by atoms with Crippen LogP contribution in [0.1, 0.15) is 18.4 Å². The van der Waals surface area contributed by atoms with Crippen LogP contribution in [-0.2, 0) is 15.1 Å². The molecule has 20 heavy (non-hydrogen) atoms. The lowest BCUT2D eigenvalue weighted by Crippen LogP contribution is -2.38. The molecule has 1 N–H and O–H groups in total. The third kappa shape index (κ3) is 0.966. The summed E-state index contributed by atoms with van der Waals surface area (Å²) in [6.07, 6.45) is 6.50. The van der Waals surface area contributed by atoms with Gasteiger partial charge in [0.1, 0.15) is 5.60 Å². The predicted octanol–water partition coefficient (Wildman–Crippen LogP) is 2.58. The maximum Gasteiger partial charge on any atom is 0.339 e. The number of epoxide rings is 1. The minimum Gasteiger partial charge on any atom is -0.479 e. The Kier molecular flexibility index (Phi) is 1.76. The monoisotopic (exact) mass is 268 g/mol. The first-order chi connectivity index (χ1) is 9.69. The molecule has 0 radical (unpaired) electrons. The van der Waals surface area contributed by atoms with E-state index in [0.717, 1.165) is 18.4 Å². The summed E-state index contributed by atoms with van der Waals surface area (Å²) in [5.74, 6) is 0.840. The molecule has 3 nitrogen and oxygen atoms in total. The van der Waals surface area contributed by atoms with E-state index >= 15 is 0 Å². The van der Waals surface area contributed by atoms with Crippen molar-refractivity contribution in [2.75, 3.05) is 0 Å². The van der Waals surface area contributed by atoms with Crippen LogP contribution in [0.25, 0.3) is 0 Å². The highest BCUT2D eigenvalue weighted by Gasteiger charge is 2.86. The van der Waals surface area contributed by atoms with Gasteiger partial charge in [0.2, 0.25) is 5.60 Å². The number of aliphatic carboxylic acids is 1. The molecule has 4 aliphatic rings. The van der Waals surface area contributed by atoms with Crippen LogP contribution in [0.2, 0.25) is 0 Å². The second-order valence-electron chi connectivity index (χ2n) is 6.68. The smallest absolute Gasteiger partial charge is 0.339 e. The zero-order chi connectivity index (χ0) is 13.5. The SMILES string of the molecule is O=C(O)[C@@]12O[C@]1(c1ccccc1)C[C@H]1[C@H]2[C@@H]2C=C[C@H]1C2. The summed E-state index contributed by atoms with van der Waals surface area (Å²) in [6, 6.07) is 9.94. The Morgan fingerprint density at radius 2 is 1.95 bits per heavy atom. The first-order valence-corrected chi connectivity index (χ1v) is 7.36. The van der Waals surface area contributed by atoms with E-state index in [2.05, 4.69) is 12.2 Å². The number of rotatable bonds is 2. The predicted molar refractivity (Wildman–Crippen MR) is 71.9 cm³/mol. The van der Waals surface area contributed by atoms with Gasteiger partial charge in [-0.2, -0.15) is 0 Å². The Morgan fingerprint density at radius 1 is 1.20 bits per heavy atom. The van der Waals surface area contributed by atoms with Crippen molar-refractivity contribution in [1.82, 2.24) is 0 Å². The Hall–Kier alpha value is -1.61. The molecule has 1 aliphatic heterocycles. The standard InChI is InChI=1S/C17H16O3/c18-15(19)17-14-11-7-6-10(8-11)13(14)9-16(17,20-17)12-4-2-1-3-5-12/h1-7,10-11,13-14H,8-9H2,(H,18,19)/t10-,11+,13+,14+,16-,17+/m0/s1. The van der Waals surface area contributed by atoms with Gasteiger partial charge in [0.25, 0.3) is 0 Å². The quantitative estimate of drug-likeness (QED) is 0.662. The van der Waals surface area contributed by atoms with Crippen molar-refractivity contribution in [3.63, 3.8) is 0 Å². The number of hydrogen-bond donors (Lipinski definition) is 1. The molecule has 0 aromatic heterocycles. The number of ether oxygens (including phenoxy) is 1. The van der Waals surface area contributed by atoms with Gasteiger partial charge in [-0.15, -0.1) is 0 Å². The molecule has 2 saturated carbocycles. The summed E-state index contributed by atoms with van der Waals surface area (Å²) in [5, 5.41) is 9.87. The van der Waals surface area contributed by atoms with E-state index in [4.69, 9.17) is 4.74 Å². The zero-order valence-electron chi connectivity index (χ0n) is 11.0. The molecule has 3 aliphatic carbocycles. The second kappa shape index (κ2) is 3.17. The first kappa shape index (κ1) is 11.1. The Bertz CT molecular complexity index is 637. The minimum atomic E-state index is -0.969. The van der Waals surface area contributed by atoms with Crippen LogP contribution in [0, 0.1) is 23.7 Å². The molecule has 3 fully saturated rings. The van der Waals surface area contributed by atoms with Gasteiger partial charge in [0, 0.05) is 5.92 Å². The van der Waals surface area contributed by atoms with Crippen LogP contribution in [0.3, 0.4) is 0 Å². The number of benzene rings is 1.